The van der Waals surface area contributed by atoms with Crippen molar-refractivity contribution in [1.82, 2.24) is 0 Å². The standard InChI is InChI=1S/C31H48O2/c1-11-22-20-28(24(13-3)18-26(22)30(6,7)8)32-16-17-33-29-21-23(12-2)27(19-25(29)14-4)31(9,10)15-5/h18-21H,11-17H2,1-10H3. The lowest BCUT2D eigenvalue weighted by Gasteiger charge is -2.28. The fourth-order valence-corrected chi connectivity index (χ4v) is 4.56. The van der Waals surface area contributed by atoms with Gasteiger partial charge in [-0.15, -0.1) is 0 Å². The number of hydrogen-bond acceptors (Lipinski definition) is 2. The number of aryl methyl sites for hydroxylation is 4. The molecule has 0 heterocycles. The molecule has 0 saturated carbocycles. The molecule has 0 bridgehead atoms. The molecule has 0 spiro atoms. The van der Waals surface area contributed by atoms with Gasteiger partial charge in [-0.25, -0.2) is 0 Å². The van der Waals surface area contributed by atoms with E-state index in [0.29, 0.717) is 13.2 Å². The third kappa shape index (κ3) is 6.55. The van der Waals surface area contributed by atoms with Crippen LogP contribution in [0, 0.1) is 0 Å². The van der Waals surface area contributed by atoms with E-state index in [1.807, 2.05) is 0 Å². The van der Waals surface area contributed by atoms with Crippen LogP contribution in [-0.2, 0) is 36.5 Å². The first-order chi connectivity index (χ1) is 15.5. The topological polar surface area (TPSA) is 18.5 Å². The molecule has 2 rings (SSSR count). The van der Waals surface area contributed by atoms with Crippen LogP contribution in [0.2, 0.25) is 0 Å². The first-order valence-electron chi connectivity index (χ1n) is 13.1. The van der Waals surface area contributed by atoms with Crippen LogP contribution in [0.25, 0.3) is 0 Å². The maximum absolute atomic E-state index is 6.28. The van der Waals surface area contributed by atoms with Crippen LogP contribution >= 0.6 is 0 Å². The van der Waals surface area contributed by atoms with Gasteiger partial charge in [0.15, 0.2) is 0 Å². The summed E-state index contributed by atoms with van der Waals surface area (Å²) < 4.78 is 12.5. The zero-order valence-corrected chi connectivity index (χ0v) is 23.1. The molecule has 2 aromatic carbocycles. The third-order valence-corrected chi connectivity index (χ3v) is 7.12. The van der Waals surface area contributed by atoms with Gasteiger partial charge in [0.25, 0.3) is 0 Å². The molecule has 0 aliphatic rings. The molecule has 0 fully saturated rings. The van der Waals surface area contributed by atoms with Crippen LogP contribution in [-0.4, -0.2) is 13.2 Å². The van der Waals surface area contributed by atoms with Crippen molar-refractivity contribution < 1.29 is 9.47 Å². The van der Waals surface area contributed by atoms with Crippen LogP contribution in [0.4, 0.5) is 0 Å². The van der Waals surface area contributed by atoms with Gasteiger partial charge in [0.1, 0.15) is 24.7 Å². The van der Waals surface area contributed by atoms with E-state index in [2.05, 4.69) is 93.5 Å². The fourth-order valence-electron chi connectivity index (χ4n) is 4.56. The Balaban J connectivity index is 2.18. The van der Waals surface area contributed by atoms with E-state index in [1.54, 1.807) is 0 Å². The number of benzene rings is 2. The van der Waals surface area contributed by atoms with Gasteiger partial charge in [-0.3, -0.25) is 0 Å². The Labute approximate surface area is 204 Å². The summed E-state index contributed by atoms with van der Waals surface area (Å²) >= 11 is 0. The third-order valence-electron chi connectivity index (χ3n) is 7.12. The van der Waals surface area contributed by atoms with E-state index in [1.165, 1.54) is 33.4 Å². The summed E-state index contributed by atoms with van der Waals surface area (Å²) in [5, 5.41) is 0. The van der Waals surface area contributed by atoms with E-state index in [9.17, 15) is 0 Å². The van der Waals surface area contributed by atoms with E-state index in [4.69, 9.17) is 9.47 Å². The van der Waals surface area contributed by atoms with Crippen molar-refractivity contribution in [2.75, 3.05) is 13.2 Å². The lowest BCUT2D eigenvalue weighted by Crippen LogP contribution is -2.19. The lowest BCUT2D eigenvalue weighted by atomic mass is 9.78. The van der Waals surface area contributed by atoms with Gasteiger partial charge in [-0.2, -0.15) is 0 Å². The zero-order valence-electron chi connectivity index (χ0n) is 23.1. The molecule has 0 saturated heterocycles. The van der Waals surface area contributed by atoms with Crippen LogP contribution in [0.5, 0.6) is 11.5 Å². The highest BCUT2D eigenvalue weighted by Crippen LogP contribution is 2.35. The van der Waals surface area contributed by atoms with Crippen molar-refractivity contribution >= 4 is 0 Å². The fraction of sp³-hybridized carbons (Fsp3) is 0.613. The van der Waals surface area contributed by atoms with E-state index < -0.39 is 0 Å². The van der Waals surface area contributed by atoms with Gasteiger partial charge in [-0.1, -0.05) is 81.4 Å². The van der Waals surface area contributed by atoms with Gasteiger partial charge >= 0.3 is 0 Å². The minimum Gasteiger partial charge on any atom is -0.490 e. The molecule has 0 N–H and O–H groups in total. The smallest absolute Gasteiger partial charge is 0.122 e. The molecule has 0 aromatic heterocycles. The molecule has 0 aliphatic heterocycles. The maximum Gasteiger partial charge on any atom is 0.122 e. The van der Waals surface area contributed by atoms with Crippen LogP contribution in [0.1, 0.15) is 109 Å². The lowest BCUT2D eigenvalue weighted by molar-refractivity contribution is 0.214. The van der Waals surface area contributed by atoms with Crippen molar-refractivity contribution in [2.45, 2.75) is 112 Å². The van der Waals surface area contributed by atoms with Crippen LogP contribution < -0.4 is 9.47 Å². The average Bonchev–Trinajstić information content (AvgIpc) is 2.79. The molecule has 0 radical (unpaired) electrons. The second-order valence-corrected chi connectivity index (χ2v) is 10.8. The predicted octanol–water partition coefficient (Wildman–Crippen LogP) is 8.38. The predicted molar refractivity (Wildman–Crippen MR) is 143 cm³/mol. The van der Waals surface area contributed by atoms with Crippen molar-refractivity contribution in [3.8, 4) is 11.5 Å². The second-order valence-electron chi connectivity index (χ2n) is 10.8. The Morgan fingerprint density at radius 1 is 0.545 bits per heavy atom. The number of ether oxygens (including phenoxy) is 2. The summed E-state index contributed by atoms with van der Waals surface area (Å²) in [6.45, 7) is 23.8. The van der Waals surface area contributed by atoms with Gasteiger partial charge in [0, 0.05) is 0 Å². The minimum atomic E-state index is 0.142. The van der Waals surface area contributed by atoms with E-state index in [-0.39, 0.29) is 10.8 Å². The van der Waals surface area contributed by atoms with Crippen molar-refractivity contribution in [1.29, 1.82) is 0 Å². The summed E-state index contributed by atoms with van der Waals surface area (Å²) in [5.41, 5.74) is 8.57. The van der Waals surface area contributed by atoms with E-state index in [0.717, 1.165) is 43.6 Å². The van der Waals surface area contributed by atoms with Gasteiger partial charge in [0.2, 0.25) is 0 Å². The van der Waals surface area contributed by atoms with E-state index >= 15 is 0 Å². The Morgan fingerprint density at radius 2 is 0.939 bits per heavy atom. The monoisotopic (exact) mass is 452 g/mol. The Morgan fingerprint density at radius 3 is 1.30 bits per heavy atom. The summed E-state index contributed by atoms with van der Waals surface area (Å²) in [5.74, 6) is 2.03. The summed E-state index contributed by atoms with van der Waals surface area (Å²) in [7, 11) is 0. The second kappa shape index (κ2) is 11.4. The summed E-state index contributed by atoms with van der Waals surface area (Å²) in [6, 6.07) is 9.27. The number of rotatable bonds is 11. The Kier molecular flexibility index (Phi) is 9.47. The molecule has 0 amide bonds. The first kappa shape index (κ1) is 27.3. The van der Waals surface area contributed by atoms with Crippen molar-refractivity contribution in [3.05, 3.63) is 57.6 Å². The highest BCUT2D eigenvalue weighted by molar-refractivity contribution is 5.47. The summed E-state index contributed by atoms with van der Waals surface area (Å²) in [6.07, 6.45) is 5.11. The van der Waals surface area contributed by atoms with Crippen molar-refractivity contribution in [3.63, 3.8) is 0 Å². The quantitative estimate of drug-likeness (QED) is 0.319. The van der Waals surface area contributed by atoms with Crippen LogP contribution in [0.15, 0.2) is 24.3 Å². The molecule has 0 atom stereocenters. The molecule has 0 aliphatic carbocycles. The molecule has 33 heavy (non-hydrogen) atoms. The molecule has 2 aromatic rings. The number of hydrogen-bond donors (Lipinski definition) is 0. The first-order valence-corrected chi connectivity index (χ1v) is 13.1. The summed E-state index contributed by atoms with van der Waals surface area (Å²) in [4.78, 5) is 0. The Hall–Kier alpha value is -1.96. The SMILES string of the molecule is CCc1cc(C(C)(C)C)c(CC)cc1OCCOc1cc(CC)c(C(C)(C)CC)cc1CC. The molecular formula is C31H48O2. The van der Waals surface area contributed by atoms with Gasteiger partial charge in [-0.05, 0) is 88.4 Å². The van der Waals surface area contributed by atoms with Crippen LogP contribution in [0.3, 0.4) is 0 Å². The average molecular weight is 453 g/mol. The van der Waals surface area contributed by atoms with Crippen molar-refractivity contribution in [2.24, 2.45) is 0 Å². The normalized spacial score (nSPS) is 12.2. The maximum atomic E-state index is 6.28. The molecule has 0 unspecified atom stereocenters. The Bertz CT molecular complexity index is 915. The van der Waals surface area contributed by atoms with Gasteiger partial charge in [0.05, 0.1) is 0 Å². The molecule has 2 heteroatoms. The highest BCUT2D eigenvalue weighted by atomic mass is 16.5. The highest BCUT2D eigenvalue weighted by Gasteiger charge is 2.23. The molecular weight excluding hydrogens is 404 g/mol. The largest absolute Gasteiger partial charge is 0.490 e. The zero-order chi connectivity index (χ0) is 24.8. The van der Waals surface area contributed by atoms with Gasteiger partial charge < -0.3 is 9.47 Å². The molecule has 184 valence electrons. The molecule has 2 nitrogen and oxygen atoms in total. The minimum absolute atomic E-state index is 0.142.